The molecule has 0 spiro atoms. The SMILES string of the molecule is CCCOc1ccc(NC(=O)C(C)C2CN(C(=O)OC(C)(C)C)C2)c(C)c1. The molecule has 1 N–H and O–H groups in total. The zero-order chi connectivity index (χ0) is 20.2. The average molecular weight is 376 g/mol. The van der Waals surface area contributed by atoms with Crippen LogP contribution in [0.2, 0.25) is 0 Å². The van der Waals surface area contributed by atoms with Crippen LogP contribution in [0.15, 0.2) is 18.2 Å². The molecule has 0 aromatic heterocycles. The number of carbonyl (C=O) groups is 2. The Hall–Kier alpha value is -2.24. The summed E-state index contributed by atoms with van der Waals surface area (Å²) in [6, 6.07) is 5.68. The first-order chi connectivity index (χ1) is 12.6. The van der Waals surface area contributed by atoms with Crippen LogP contribution in [0.4, 0.5) is 10.5 Å². The number of carbonyl (C=O) groups excluding carboxylic acids is 2. The number of benzene rings is 1. The largest absolute Gasteiger partial charge is 0.494 e. The van der Waals surface area contributed by atoms with Crippen molar-refractivity contribution in [2.24, 2.45) is 11.8 Å². The van der Waals surface area contributed by atoms with Gasteiger partial charge in [-0.05, 0) is 57.9 Å². The number of nitrogens with zero attached hydrogens (tertiary/aromatic N) is 1. The number of nitrogens with one attached hydrogen (secondary N) is 1. The fourth-order valence-electron chi connectivity index (χ4n) is 2.85. The molecule has 0 bridgehead atoms. The molecule has 27 heavy (non-hydrogen) atoms. The van der Waals surface area contributed by atoms with Crippen molar-refractivity contribution in [3.8, 4) is 5.75 Å². The Morgan fingerprint density at radius 3 is 2.52 bits per heavy atom. The van der Waals surface area contributed by atoms with Gasteiger partial charge in [-0.3, -0.25) is 4.79 Å². The van der Waals surface area contributed by atoms with Gasteiger partial charge in [0.1, 0.15) is 11.4 Å². The third-order valence-corrected chi connectivity index (χ3v) is 4.61. The predicted octanol–water partition coefficient (Wildman–Crippen LogP) is 4.23. The fraction of sp³-hybridized carbons (Fsp3) is 0.619. The maximum Gasteiger partial charge on any atom is 0.410 e. The Balaban J connectivity index is 1.85. The van der Waals surface area contributed by atoms with Gasteiger partial charge < -0.3 is 19.7 Å². The molecule has 1 aliphatic heterocycles. The average Bonchev–Trinajstić information content (AvgIpc) is 2.51. The van der Waals surface area contributed by atoms with Crippen LogP contribution < -0.4 is 10.1 Å². The van der Waals surface area contributed by atoms with Crippen molar-refractivity contribution in [1.82, 2.24) is 4.90 Å². The van der Waals surface area contributed by atoms with Crippen molar-refractivity contribution in [2.45, 2.75) is 53.6 Å². The molecule has 1 fully saturated rings. The minimum atomic E-state index is -0.504. The first-order valence-electron chi connectivity index (χ1n) is 9.63. The van der Waals surface area contributed by atoms with E-state index in [1.807, 2.05) is 52.8 Å². The van der Waals surface area contributed by atoms with E-state index in [1.54, 1.807) is 4.90 Å². The monoisotopic (exact) mass is 376 g/mol. The van der Waals surface area contributed by atoms with E-state index in [2.05, 4.69) is 12.2 Å². The van der Waals surface area contributed by atoms with Crippen LogP contribution in [0.5, 0.6) is 5.75 Å². The van der Waals surface area contributed by atoms with Crippen LogP contribution in [-0.2, 0) is 9.53 Å². The maximum absolute atomic E-state index is 12.6. The number of hydrogen-bond donors (Lipinski definition) is 1. The van der Waals surface area contributed by atoms with Gasteiger partial charge in [0.2, 0.25) is 5.91 Å². The lowest BCUT2D eigenvalue weighted by atomic mass is 9.86. The molecule has 0 saturated carbocycles. The molecule has 1 atom stereocenters. The highest BCUT2D eigenvalue weighted by Crippen LogP contribution is 2.28. The van der Waals surface area contributed by atoms with E-state index in [1.165, 1.54) is 0 Å². The third-order valence-electron chi connectivity index (χ3n) is 4.61. The Bertz CT molecular complexity index is 675. The molecule has 1 saturated heterocycles. The molecule has 6 nitrogen and oxygen atoms in total. The Kier molecular flexibility index (Phi) is 6.73. The molecule has 0 radical (unpaired) electrons. The maximum atomic E-state index is 12.6. The molecule has 1 heterocycles. The second-order valence-electron chi connectivity index (χ2n) is 8.25. The van der Waals surface area contributed by atoms with Crippen molar-refractivity contribution in [3.05, 3.63) is 23.8 Å². The van der Waals surface area contributed by atoms with Gasteiger partial charge in [0.05, 0.1) is 6.61 Å². The van der Waals surface area contributed by atoms with E-state index in [0.29, 0.717) is 19.7 Å². The molecule has 1 aromatic rings. The Morgan fingerprint density at radius 2 is 1.96 bits per heavy atom. The summed E-state index contributed by atoms with van der Waals surface area (Å²) in [6.07, 6.45) is 0.640. The first kappa shape index (κ1) is 21.1. The number of hydrogen-bond acceptors (Lipinski definition) is 4. The van der Waals surface area contributed by atoms with Gasteiger partial charge in [-0.25, -0.2) is 4.79 Å². The normalized spacial score (nSPS) is 15.7. The zero-order valence-corrected chi connectivity index (χ0v) is 17.3. The predicted molar refractivity (Wildman–Crippen MR) is 106 cm³/mol. The molecular formula is C21H32N2O4. The number of aryl methyl sites for hydroxylation is 1. The molecule has 1 unspecified atom stereocenters. The smallest absolute Gasteiger partial charge is 0.410 e. The van der Waals surface area contributed by atoms with E-state index in [0.717, 1.165) is 23.4 Å². The quantitative estimate of drug-likeness (QED) is 0.807. The van der Waals surface area contributed by atoms with Crippen LogP contribution in [0.3, 0.4) is 0 Å². The number of amides is 2. The van der Waals surface area contributed by atoms with Crippen LogP contribution in [0, 0.1) is 18.8 Å². The molecule has 2 rings (SSSR count). The van der Waals surface area contributed by atoms with Crippen molar-refractivity contribution in [1.29, 1.82) is 0 Å². The van der Waals surface area contributed by atoms with Crippen molar-refractivity contribution in [3.63, 3.8) is 0 Å². The minimum Gasteiger partial charge on any atom is -0.494 e. The number of ether oxygens (including phenoxy) is 2. The van der Waals surface area contributed by atoms with E-state index < -0.39 is 5.60 Å². The van der Waals surface area contributed by atoms with Crippen LogP contribution in [-0.4, -0.2) is 42.2 Å². The summed E-state index contributed by atoms with van der Waals surface area (Å²) in [5.74, 6) is 0.741. The summed E-state index contributed by atoms with van der Waals surface area (Å²) < 4.78 is 11.0. The molecular weight excluding hydrogens is 344 g/mol. The van der Waals surface area contributed by atoms with Crippen molar-refractivity contribution < 1.29 is 19.1 Å². The Morgan fingerprint density at radius 1 is 1.30 bits per heavy atom. The second-order valence-corrected chi connectivity index (χ2v) is 8.25. The fourth-order valence-corrected chi connectivity index (χ4v) is 2.85. The summed E-state index contributed by atoms with van der Waals surface area (Å²) in [6.45, 7) is 13.2. The van der Waals surface area contributed by atoms with Gasteiger partial charge >= 0.3 is 6.09 Å². The molecule has 1 aromatic carbocycles. The summed E-state index contributed by atoms with van der Waals surface area (Å²) in [5, 5.41) is 3.00. The Labute approximate surface area is 162 Å². The van der Waals surface area contributed by atoms with Crippen LogP contribution >= 0.6 is 0 Å². The highest BCUT2D eigenvalue weighted by Gasteiger charge is 2.39. The summed E-state index contributed by atoms with van der Waals surface area (Å²) in [4.78, 5) is 26.2. The van der Waals surface area contributed by atoms with Crippen LogP contribution in [0.25, 0.3) is 0 Å². The molecule has 6 heteroatoms. The van der Waals surface area contributed by atoms with Crippen molar-refractivity contribution >= 4 is 17.7 Å². The van der Waals surface area contributed by atoms with E-state index in [-0.39, 0.29) is 23.8 Å². The topological polar surface area (TPSA) is 67.9 Å². The highest BCUT2D eigenvalue weighted by molar-refractivity contribution is 5.93. The highest BCUT2D eigenvalue weighted by atomic mass is 16.6. The van der Waals surface area contributed by atoms with E-state index >= 15 is 0 Å². The molecule has 0 aliphatic carbocycles. The third kappa shape index (κ3) is 5.88. The molecule has 1 aliphatic rings. The van der Waals surface area contributed by atoms with Gasteiger partial charge in [0.25, 0.3) is 0 Å². The number of anilines is 1. The lowest BCUT2D eigenvalue weighted by molar-refractivity contribution is -0.123. The zero-order valence-electron chi connectivity index (χ0n) is 17.3. The standard InChI is InChI=1S/C21H32N2O4/c1-7-10-26-17-8-9-18(14(2)11-17)22-19(24)15(3)16-12-23(13-16)20(25)27-21(4,5)6/h8-9,11,15-16H,7,10,12-13H2,1-6H3,(H,22,24). The van der Waals surface area contributed by atoms with Gasteiger partial charge in [-0.2, -0.15) is 0 Å². The summed E-state index contributed by atoms with van der Waals surface area (Å²) >= 11 is 0. The summed E-state index contributed by atoms with van der Waals surface area (Å²) in [5.41, 5.74) is 1.25. The van der Waals surface area contributed by atoms with Gasteiger partial charge in [-0.15, -0.1) is 0 Å². The minimum absolute atomic E-state index is 0.0332. The number of likely N-dealkylation sites (tertiary alicyclic amines) is 1. The second kappa shape index (κ2) is 8.63. The van der Waals surface area contributed by atoms with E-state index in [9.17, 15) is 9.59 Å². The lowest BCUT2D eigenvalue weighted by Gasteiger charge is -2.42. The summed E-state index contributed by atoms with van der Waals surface area (Å²) in [7, 11) is 0. The van der Waals surface area contributed by atoms with Gasteiger partial charge in [-0.1, -0.05) is 13.8 Å². The van der Waals surface area contributed by atoms with Gasteiger partial charge in [0, 0.05) is 30.6 Å². The molecule has 150 valence electrons. The van der Waals surface area contributed by atoms with E-state index in [4.69, 9.17) is 9.47 Å². The van der Waals surface area contributed by atoms with Crippen LogP contribution in [0.1, 0.15) is 46.6 Å². The van der Waals surface area contributed by atoms with Crippen molar-refractivity contribution in [2.75, 3.05) is 25.0 Å². The van der Waals surface area contributed by atoms with Gasteiger partial charge in [0.15, 0.2) is 0 Å². The number of rotatable bonds is 6. The first-order valence-corrected chi connectivity index (χ1v) is 9.63. The molecule has 2 amide bonds. The lowest BCUT2D eigenvalue weighted by Crippen LogP contribution is -2.55.